The lowest BCUT2D eigenvalue weighted by Gasteiger charge is -2.04. The molecule has 1 radical (unpaired) electrons. The molecule has 1 rings (SSSR count). The maximum Gasteiger partial charge on any atom is 0.423 e. The maximum absolute atomic E-state index is 11.9. The van der Waals surface area contributed by atoms with Gasteiger partial charge in [0.2, 0.25) is 0 Å². The summed E-state index contributed by atoms with van der Waals surface area (Å²) in [7, 11) is 0. The van der Waals surface area contributed by atoms with Crippen molar-refractivity contribution in [2.75, 3.05) is 0 Å². The molecular weight excluding hydrogens is 195 g/mol. The van der Waals surface area contributed by atoms with Gasteiger partial charge in [-0.2, -0.15) is 17.9 Å². The van der Waals surface area contributed by atoms with Gasteiger partial charge in [-0.05, 0) is 6.07 Å². The Balaban J connectivity index is 3.18. The van der Waals surface area contributed by atoms with Gasteiger partial charge in [-0.25, -0.2) is 0 Å². The smallest absolute Gasteiger partial charge is 0.423 e. The van der Waals surface area contributed by atoms with Gasteiger partial charge in [-0.15, -0.1) is 0 Å². The standard InChI is InChI=1S/C6H2ClF3NO/c7-5-1-4(6(8,9)10)2-11(12)3-5/h1,3H. The van der Waals surface area contributed by atoms with E-state index in [2.05, 4.69) is 0 Å². The van der Waals surface area contributed by atoms with Crippen molar-refractivity contribution in [3.63, 3.8) is 0 Å². The summed E-state index contributed by atoms with van der Waals surface area (Å²) < 4.78 is 35.6. The molecule has 2 nitrogen and oxygen atoms in total. The van der Waals surface area contributed by atoms with E-state index in [-0.39, 0.29) is 9.75 Å². The van der Waals surface area contributed by atoms with E-state index < -0.39 is 11.7 Å². The third kappa shape index (κ3) is 2.01. The molecule has 0 saturated carbocycles. The van der Waals surface area contributed by atoms with Crippen LogP contribution in [0.15, 0.2) is 12.3 Å². The summed E-state index contributed by atoms with van der Waals surface area (Å²) in [6.45, 7) is 0. The number of alkyl halides is 3. The van der Waals surface area contributed by atoms with Crippen molar-refractivity contribution < 1.29 is 17.9 Å². The number of nitrogens with zero attached hydrogens (tertiary/aromatic N) is 1. The van der Waals surface area contributed by atoms with Crippen molar-refractivity contribution in [1.29, 1.82) is 0 Å². The summed E-state index contributed by atoms with van der Waals surface area (Å²) in [4.78, 5) is 0. The quantitative estimate of drug-likeness (QED) is 0.459. The molecule has 0 unspecified atom stereocenters. The van der Waals surface area contributed by atoms with E-state index >= 15 is 0 Å². The highest BCUT2D eigenvalue weighted by molar-refractivity contribution is 6.30. The molecule has 0 N–H and O–H groups in total. The van der Waals surface area contributed by atoms with Crippen LogP contribution in [-0.2, 0) is 6.18 Å². The summed E-state index contributed by atoms with van der Waals surface area (Å²) in [5.41, 5.74) is -1.18. The fourth-order valence-electron chi connectivity index (χ4n) is 0.616. The van der Waals surface area contributed by atoms with Crippen LogP contribution in [0.2, 0.25) is 5.02 Å². The van der Waals surface area contributed by atoms with Gasteiger partial charge < -0.3 is 5.21 Å². The van der Waals surface area contributed by atoms with Crippen LogP contribution in [0, 0.1) is 11.4 Å². The molecule has 0 spiro atoms. The summed E-state index contributed by atoms with van der Waals surface area (Å²) in [5, 5.41) is 10.2. The van der Waals surface area contributed by atoms with Crippen LogP contribution in [0.3, 0.4) is 0 Å². The zero-order chi connectivity index (χ0) is 9.35. The highest BCUT2D eigenvalue weighted by Crippen LogP contribution is 2.28. The van der Waals surface area contributed by atoms with Gasteiger partial charge in [0.25, 0.3) is 0 Å². The van der Waals surface area contributed by atoms with Gasteiger partial charge in [-0.3, -0.25) is 0 Å². The minimum atomic E-state index is -4.59. The lowest BCUT2D eigenvalue weighted by Crippen LogP contribution is -2.28. The van der Waals surface area contributed by atoms with E-state index in [0.29, 0.717) is 6.07 Å². The molecule has 0 aliphatic carbocycles. The lowest BCUT2D eigenvalue weighted by molar-refractivity contribution is -0.611. The summed E-state index contributed by atoms with van der Waals surface area (Å²) in [6, 6.07) is 0.635. The summed E-state index contributed by atoms with van der Waals surface area (Å²) >= 11 is 5.22. The molecule has 6 heteroatoms. The number of aromatic nitrogens is 1. The first-order chi connectivity index (χ1) is 5.39. The second-order valence-corrected chi connectivity index (χ2v) is 2.44. The van der Waals surface area contributed by atoms with E-state index in [9.17, 15) is 18.4 Å². The number of hydrogen-bond donors (Lipinski definition) is 0. The van der Waals surface area contributed by atoms with Gasteiger partial charge in [0.15, 0.2) is 6.20 Å². The van der Waals surface area contributed by atoms with Crippen LogP contribution in [-0.4, -0.2) is 0 Å². The second-order valence-electron chi connectivity index (χ2n) is 2.01. The molecular formula is C6H2ClF3NO. The molecule has 1 aromatic rings. The predicted molar refractivity (Wildman–Crippen MR) is 34.3 cm³/mol. The zero-order valence-corrected chi connectivity index (χ0v) is 6.28. The predicted octanol–water partition coefficient (Wildman–Crippen LogP) is 1.79. The van der Waals surface area contributed by atoms with Crippen molar-refractivity contribution in [2.24, 2.45) is 0 Å². The van der Waals surface area contributed by atoms with Gasteiger partial charge in [0.1, 0.15) is 10.6 Å². The normalized spacial score (nSPS) is 11.7. The molecule has 12 heavy (non-hydrogen) atoms. The van der Waals surface area contributed by atoms with Crippen LogP contribution in [0.1, 0.15) is 5.56 Å². The molecule has 65 valence electrons. The van der Waals surface area contributed by atoms with Crippen molar-refractivity contribution >= 4 is 11.6 Å². The maximum atomic E-state index is 11.9. The average molecular weight is 197 g/mol. The van der Waals surface area contributed by atoms with Crippen molar-refractivity contribution in [3.8, 4) is 0 Å². The monoisotopic (exact) mass is 196 g/mol. The van der Waals surface area contributed by atoms with Crippen molar-refractivity contribution in [2.45, 2.75) is 6.18 Å². The minimum Gasteiger partial charge on any atom is -0.618 e. The molecule has 1 heterocycles. The SMILES string of the molecule is [O-][n+]1[c]c(C(F)(F)F)cc(Cl)c1. The van der Waals surface area contributed by atoms with Crippen LogP contribution >= 0.6 is 11.6 Å². The van der Waals surface area contributed by atoms with E-state index in [1.165, 1.54) is 6.20 Å². The molecule has 0 bridgehead atoms. The van der Waals surface area contributed by atoms with E-state index in [4.69, 9.17) is 11.6 Å². The Kier molecular flexibility index (Phi) is 2.14. The third-order valence-corrected chi connectivity index (χ3v) is 1.27. The van der Waals surface area contributed by atoms with Crippen LogP contribution in [0.25, 0.3) is 0 Å². The number of halogens is 4. The van der Waals surface area contributed by atoms with E-state index in [1.807, 2.05) is 0 Å². The third-order valence-electron chi connectivity index (χ3n) is 1.06. The Morgan fingerprint density at radius 3 is 2.50 bits per heavy atom. The number of rotatable bonds is 0. The van der Waals surface area contributed by atoms with Crippen LogP contribution < -0.4 is 4.73 Å². The Labute approximate surface area is 70.8 Å². The van der Waals surface area contributed by atoms with Crippen molar-refractivity contribution in [3.05, 3.63) is 34.3 Å². The molecule has 0 aromatic carbocycles. The fourth-order valence-corrected chi connectivity index (χ4v) is 0.813. The number of pyridine rings is 1. The van der Waals surface area contributed by atoms with E-state index in [1.54, 1.807) is 0 Å². The first kappa shape index (κ1) is 9.12. The molecule has 0 saturated heterocycles. The minimum absolute atomic E-state index is 0.106. The number of hydrogen-bond acceptors (Lipinski definition) is 1. The average Bonchev–Trinajstić information content (AvgIpc) is 1.82. The Hall–Kier alpha value is -0.970. The summed E-state index contributed by atoms with van der Waals surface area (Å²) in [6.07, 6.45) is -2.26. The molecule has 0 aliphatic rings. The Bertz CT molecular complexity index is 279. The van der Waals surface area contributed by atoms with Crippen LogP contribution in [0.5, 0.6) is 0 Å². The van der Waals surface area contributed by atoms with Gasteiger partial charge in [-0.1, -0.05) is 11.6 Å². The van der Waals surface area contributed by atoms with E-state index in [0.717, 1.165) is 6.20 Å². The largest absolute Gasteiger partial charge is 0.618 e. The van der Waals surface area contributed by atoms with Crippen LogP contribution in [0.4, 0.5) is 13.2 Å². The highest BCUT2D eigenvalue weighted by atomic mass is 35.5. The second kappa shape index (κ2) is 2.82. The molecule has 0 fully saturated rings. The lowest BCUT2D eigenvalue weighted by atomic mass is 10.3. The Morgan fingerprint density at radius 1 is 1.50 bits per heavy atom. The van der Waals surface area contributed by atoms with Crippen molar-refractivity contribution in [1.82, 2.24) is 0 Å². The molecule has 0 aliphatic heterocycles. The molecule has 1 aromatic heterocycles. The zero-order valence-electron chi connectivity index (χ0n) is 5.52. The topological polar surface area (TPSA) is 26.9 Å². The first-order valence-corrected chi connectivity index (χ1v) is 3.16. The van der Waals surface area contributed by atoms with Gasteiger partial charge >= 0.3 is 12.4 Å². The molecule has 0 amide bonds. The Morgan fingerprint density at radius 2 is 2.08 bits per heavy atom. The summed E-state index contributed by atoms with van der Waals surface area (Å²) in [5.74, 6) is 0. The highest BCUT2D eigenvalue weighted by Gasteiger charge is 2.34. The first-order valence-electron chi connectivity index (χ1n) is 2.79. The molecule has 0 atom stereocenters. The van der Waals surface area contributed by atoms with Gasteiger partial charge in [0.05, 0.1) is 0 Å². The van der Waals surface area contributed by atoms with Gasteiger partial charge in [0, 0.05) is 0 Å². The fraction of sp³-hybridized carbons (Fsp3) is 0.167.